The van der Waals surface area contributed by atoms with E-state index >= 15 is 0 Å². The van der Waals surface area contributed by atoms with Gasteiger partial charge < -0.3 is 10.6 Å². The number of hydrogen-bond acceptors (Lipinski definition) is 6. The number of anilines is 2. The van der Waals surface area contributed by atoms with E-state index in [2.05, 4.69) is 10.6 Å². The van der Waals surface area contributed by atoms with Crippen molar-refractivity contribution in [2.45, 2.75) is 6.92 Å². The standard InChI is InChI=1S/C18H13ClN4O4/c1-11(24)12-3-2-4-14(7-12)22-18(25)13(9-20)10-21-17-8-15(23(26)27)5-6-16(17)19/h2-8,10,21H,1H3,(H,22,25)/b13-10-. The topological polar surface area (TPSA) is 125 Å². The molecule has 136 valence electrons. The molecule has 0 heterocycles. The summed E-state index contributed by atoms with van der Waals surface area (Å²) in [6.07, 6.45) is 1.09. The number of benzene rings is 2. The number of nitriles is 1. The second-order valence-corrected chi connectivity index (χ2v) is 5.73. The van der Waals surface area contributed by atoms with Crippen LogP contribution < -0.4 is 10.6 Å². The quantitative estimate of drug-likeness (QED) is 0.256. The van der Waals surface area contributed by atoms with E-state index in [0.29, 0.717) is 11.3 Å². The lowest BCUT2D eigenvalue weighted by Gasteiger charge is -2.07. The molecule has 0 aliphatic carbocycles. The Morgan fingerprint density at radius 2 is 2.00 bits per heavy atom. The third-order valence-electron chi connectivity index (χ3n) is 3.42. The Morgan fingerprint density at radius 1 is 1.26 bits per heavy atom. The number of nitro groups is 1. The fourth-order valence-electron chi connectivity index (χ4n) is 2.05. The van der Waals surface area contributed by atoms with E-state index in [0.717, 1.165) is 6.20 Å². The van der Waals surface area contributed by atoms with Crippen LogP contribution in [0.5, 0.6) is 0 Å². The summed E-state index contributed by atoms with van der Waals surface area (Å²) in [5.74, 6) is -0.878. The largest absolute Gasteiger partial charge is 0.359 e. The highest BCUT2D eigenvalue weighted by atomic mass is 35.5. The molecule has 9 heteroatoms. The lowest BCUT2D eigenvalue weighted by atomic mass is 10.1. The van der Waals surface area contributed by atoms with Crippen LogP contribution in [0.1, 0.15) is 17.3 Å². The first-order valence-electron chi connectivity index (χ1n) is 7.55. The van der Waals surface area contributed by atoms with Crippen LogP contribution in [0.25, 0.3) is 0 Å². The van der Waals surface area contributed by atoms with E-state index in [1.54, 1.807) is 24.3 Å². The molecule has 0 unspecified atom stereocenters. The van der Waals surface area contributed by atoms with Gasteiger partial charge in [-0.2, -0.15) is 5.26 Å². The molecular formula is C18H13ClN4O4. The van der Waals surface area contributed by atoms with Crippen molar-refractivity contribution in [3.05, 3.63) is 74.9 Å². The predicted molar refractivity (Wildman–Crippen MR) is 101 cm³/mol. The van der Waals surface area contributed by atoms with Gasteiger partial charge in [0.1, 0.15) is 11.6 Å². The Hall–Kier alpha value is -3.70. The third kappa shape index (κ3) is 5.14. The number of ketones is 1. The maximum Gasteiger partial charge on any atom is 0.271 e. The molecule has 2 aromatic rings. The van der Waals surface area contributed by atoms with E-state index in [1.807, 2.05) is 0 Å². The van der Waals surface area contributed by atoms with E-state index in [1.165, 1.54) is 31.2 Å². The van der Waals surface area contributed by atoms with Crippen molar-refractivity contribution in [2.24, 2.45) is 0 Å². The summed E-state index contributed by atoms with van der Waals surface area (Å²) in [5.41, 5.74) is 0.453. The van der Waals surface area contributed by atoms with E-state index in [9.17, 15) is 25.0 Å². The summed E-state index contributed by atoms with van der Waals surface area (Å²) in [5, 5.41) is 25.3. The Labute approximate surface area is 159 Å². The van der Waals surface area contributed by atoms with Gasteiger partial charge >= 0.3 is 0 Å². The molecule has 0 aliphatic rings. The van der Waals surface area contributed by atoms with Crippen LogP contribution in [0.2, 0.25) is 5.02 Å². The Balaban J connectivity index is 2.19. The smallest absolute Gasteiger partial charge is 0.271 e. The van der Waals surface area contributed by atoms with Gasteiger partial charge in [-0.15, -0.1) is 0 Å². The van der Waals surface area contributed by atoms with Crippen molar-refractivity contribution in [1.82, 2.24) is 0 Å². The van der Waals surface area contributed by atoms with Gasteiger partial charge in [-0.3, -0.25) is 19.7 Å². The molecule has 0 radical (unpaired) electrons. The summed E-state index contributed by atoms with van der Waals surface area (Å²) in [6, 6.07) is 11.7. The number of hydrogen-bond donors (Lipinski definition) is 2. The zero-order valence-electron chi connectivity index (χ0n) is 14.0. The van der Waals surface area contributed by atoms with Crippen LogP contribution in [0, 0.1) is 21.4 Å². The maximum absolute atomic E-state index is 12.2. The minimum absolute atomic E-state index is 0.163. The van der Waals surface area contributed by atoms with Crippen LogP contribution in [0.3, 0.4) is 0 Å². The predicted octanol–water partition coefficient (Wildman–Crippen LogP) is 3.91. The number of amides is 1. The molecule has 0 atom stereocenters. The number of non-ortho nitro benzene ring substituents is 1. The van der Waals surface area contributed by atoms with Crippen molar-refractivity contribution >= 4 is 40.4 Å². The Bertz CT molecular complexity index is 995. The summed E-state index contributed by atoms with van der Waals surface area (Å²) in [6.45, 7) is 1.40. The van der Waals surface area contributed by atoms with Crippen LogP contribution in [-0.2, 0) is 4.79 Å². The average Bonchev–Trinajstić information content (AvgIpc) is 2.63. The molecule has 8 nitrogen and oxygen atoms in total. The van der Waals surface area contributed by atoms with Gasteiger partial charge in [-0.25, -0.2) is 0 Å². The van der Waals surface area contributed by atoms with E-state index in [-0.39, 0.29) is 27.8 Å². The van der Waals surface area contributed by atoms with Gasteiger partial charge in [0, 0.05) is 29.6 Å². The number of nitrogens with one attached hydrogen (secondary N) is 2. The summed E-state index contributed by atoms with van der Waals surface area (Å²) < 4.78 is 0. The fraction of sp³-hybridized carbons (Fsp3) is 0.0556. The normalized spacial score (nSPS) is 10.6. The molecule has 0 aliphatic heterocycles. The van der Waals surface area contributed by atoms with Crippen LogP contribution >= 0.6 is 11.6 Å². The molecule has 0 fully saturated rings. The lowest BCUT2D eigenvalue weighted by molar-refractivity contribution is -0.384. The van der Waals surface area contributed by atoms with Gasteiger partial charge in [0.05, 0.1) is 15.6 Å². The SMILES string of the molecule is CC(=O)c1cccc(NC(=O)/C(C#N)=C\Nc2cc([N+](=O)[O-])ccc2Cl)c1. The first kappa shape index (κ1) is 19.6. The number of Topliss-reactive ketones (excluding diaryl/α,β-unsaturated/α-hetero) is 1. The van der Waals surface area contributed by atoms with Crippen molar-refractivity contribution in [3.8, 4) is 6.07 Å². The molecule has 2 aromatic carbocycles. The molecule has 0 aromatic heterocycles. The van der Waals surface area contributed by atoms with Crippen LogP contribution in [-0.4, -0.2) is 16.6 Å². The van der Waals surface area contributed by atoms with E-state index in [4.69, 9.17) is 11.6 Å². The molecule has 1 amide bonds. The molecule has 2 rings (SSSR count). The van der Waals surface area contributed by atoms with Crippen molar-refractivity contribution in [1.29, 1.82) is 5.26 Å². The number of nitrogens with zero attached hydrogens (tertiary/aromatic N) is 2. The maximum atomic E-state index is 12.2. The Morgan fingerprint density at radius 3 is 2.63 bits per heavy atom. The molecule has 27 heavy (non-hydrogen) atoms. The molecular weight excluding hydrogens is 372 g/mol. The molecule has 0 bridgehead atoms. The second-order valence-electron chi connectivity index (χ2n) is 5.33. The van der Waals surface area contributed by atoms with Crippen molar-refractivity contribution in [2.75, 3.05) is 10.6 Å². The summed E-state index contributed by atoms with van der Waals surface area (Å²) >= 11 is 5.95. The Kier molecular flexibility index (Phi) is 6.25. The van der Waals surface area contributed by atoms with Crippen LogP contribution in [0.4, 0.5) is 17.1 Å². The van der Waals surface area contributed by atoms with Crippen molar-refractivity contribution in [3.63, 3.8) is 0 Å². The fourth-order valence-corrected chi connectivity index (χ4v) is 2.22. The van der Waals surface area contributed by atoms with Gasteiger partial charge in [0.2, 0.25) is 0 Å². The highest BCUT2D eigenvalue weighted by molar-refractivity contribution is 6.33. The lowest BCUT2D eigenvalue weighted by Crippen LogP contribution is -2.15. The number of carbonyl (C=O) groups is 2. The zero-order chi connectivity index (χ0) is 20.0. The number of rotatable bonds is 6. The molecule has 0 saturated heterocycles. The number of carbonyl (C=O) groups excluding carboxylic acids is 2. The molecule has 2 N–H and O–H groups in total. The summed E-state index contributed by atoms with van der Waals surface area (Å²) in [7, 11) is 0. The third-order valence-corrected chi connectivity index (χ3v) is 3.75. The van der Waals surface area contributed by atoms with Crippen molar-refractivity contribution < 1.29 is 14.5 Å². The monoisotopic (exact) mass is 384 g/mol. The molecule has 0 spiro atoms. The molecule has 0 saturated carbocycles. The second kappa shape index (κ2) is 8.60. The highest BCUT2D eigenvalue weighted by Gasteiger charge is 2.12. The average molecular weight is 385 g/mol. The minimum atomic E-state index is -0.716. The minimum Gasteiger partial charge on any atom is -0.359 e. The number of halogens is 1. The number of nitro benzene ring substituents is 1. The van der Waals surface area contributed by atoms with Gasteiger partial charge in [0.25, 0.3) is 11.6 Å². The van der Waals surface area contributed by atoms with Gasteiger partial charge in [0.15, 0.2) is 5.78 Å². The highest BCUT2D eigenvalue weighted by Crippen LogP contribution is 2.26. The first-order valence-corrected chi connectivity index (χ1v) is 7.92. The first-order chi connectivity index (χ1) is 12.8. The zero-order valence-corrected chi connectivity index (χ0v) is 14.8. The van der Waals surface area contributed by atoms with Crippen LogP contribution in [0.15, 0.2) is 54.2 Å². The summed E-state index contributed by atoms with van der Waals surface area (Å²) in [4.78, 5) is 33.9. The van der Waals surface area contributed by atoms with E-state index < -0.39 is 10.8 Å². The van der Waals surface area contributed by atoms with Gasteiger partial charge in [-0.05, 0) is 25.1 Å². The van der Waals surface area contributed by atoms with Gasteiger partial charge in [-0.1, -0.05) is 23.7 Å².